The maximum atomic E-state index is 12.0. The van der Waals surface area contributed by atoms with E-state index in [1.165, 1.54) is 0 Å². The minimum Gasteiger partial charge on any atom is -0.381 e. The Bertz CT molecular complexity index is 265. The van der Waals surface area contributed by atoms with Gasteiger partial charge in [0.2, 0.25) is 5.91 Å². The highest BCUT2D eigenvalue weighted by Crippen LogP contribution is 2.25. The minimum absolute atomic E-state index is 0.457. The SMILES string of the molecule is O=C(CCC(F)(F)F)NC1(CBr)CCOCC1. The molecule has 1 rings (SSSR count). The molecule has 17 heavy (non-hydrogen) atoms. The fourth-order valence-corrected chi connectivity index (χ4v) is 2.37. The molecule has 7 heteroatoms. The van der Waals surface area contributed by atoms with Crippen LogP contribution < -0.4 is 5.32 Å². The summed E-state index contributed by atoms with van der Waals surface area (Å²) in [6, 6.07) is 0. The summed E-state index contributed by atoms with van der Waals surface area (Å²) >= 11 is 3.29. The Kier molecular flexibility index (Phi) is 5.24. The van der Waals surface area contributed by atoms with Gasteiger partial charge in [-0.05, 0) is 12.8 Å². The number of carbonyl (C=O) groups is 1. The van der Waals surface area contributed by atoms with Crippen LogP contribution in [-0.4, -0.2) is 36.2 Å². The van der Waals surface area contributed by atoms with Crippen LogP contribution in [0.1, 0.15) is 25.7 Å². The largest absolute Gasteiger partial charge is 0.389 e. The molecule has 0 radical (unpaired) electrons. The third kappa shape index (κ3) is 5.25. The lowest BCUT2D eigenvalue weighted by Crippen LogP contribution is -2.53. The first-order valence-corrected chi connectivity index (χ1v) is 6.50. The lowest BCUT2D eigenvalue weighted by atomic mass is 9.92. The van der Waals surface area contributed by atoms with Crippen LogP contribution in [0, 0.1) is 0 Å². The predicted molar refractivity (Wildman–Crippen MR) is 60.0 cm³/mol. The molecular weight excluding hydrogens is 303 g/mol. The molecule has 0 bridgehead atoms. The molecule has 1 aliphatic heterocycles. The van der Waals surface area contributed by atoms with Crippen molar-refractivity contribution in [2.24, 2.45) is 0 Å². The van der Waals surface area contributed by atoms with E-state index in [1.807, 2.05) is 0 Å². The van der Waals surface area contributed by atoms with Crippen molar-refractivity contribution in [3.05, 3.63) is 0 Å². The number of ether oxygens (including phenoxy) is 1. The predicted octanol–water partition coefficient (Wildman–Crippen LogP) is 2.39. The van der Waals surface area contributed by atoms with Gasteiger partial charge in [0.05, 0.1) is 12.0 Å². The summed E-state index contributed by atoms with van der Waals surface area (Å²) in [5, 5.41) is 3.22. The lowest BCUT2D eigenvalue weighted by molar-refractivity contribution is -0.145. The second kappa shape index (κ2) is 6.04. The fraction of sp³-hybridized carbons (Fsp3) is 0.900. The van der Waals surface area contributed by atoms with E-state index >= 15 is 0 Å². The Morgan fingerprint density at radius 3 is 2.41 bits per heavy atom. The highest BCUT2D eigenvalue weighted by molar-refractivity contribution is 9.09. The molecule has 0 aromatic carbocycles. The van der Waals surface area contributed by atoms with Crippen molar-refractivity contribution in [2.45, 2.75) is 37.4 Å². The molecule has 1 N–H and O–H groups in total. The summed E-state index contributed by atoms with van der Waals surface area (Å²) in [4.78, 5) is 11.4. The molecule has 0 atom stereocenters. The molecule has 0 aliphatic carbocycles. The number of hydrogen-bond acceptors (Lipinski definition) is 2. The first-order chi connectivity index (χ1) is 7.87. The highest BCUT2D eigenvalue weighted by atomic mass is 79.9. The van der Waals surface area contributed by atoms with Gasteiger partial charge < -0.3 is 10.1 Å². The van der Waals surface area contributed by atoms with E-state index in [0.717, 1.165) is 0 Å². The van der Waals surface area contributed by atoms with E-state index in [1.54, 1.807) is 0 Å². The van der Waals surface area contributed by atoms with Gasteiger partial charge in [-0.2, -0.15) is 13.2 Å². The van der Waals surface area contributed by atoms with Crippen LogP contribution in [0.15, 0.2) is 0 Å². The van der Waals surface area contributed by atoms with Gasteiger partial charge in [-0.25, -0.2) is 0 Å². The molecule has 100 valence electrons. The highest BCUT2D eigenvalue weighted by Gasteiger charge is 2.34. The van der Waals surface area contributed by atoms with Gasteiger partial charge in [0, 0.05) is 25.0 Å². The van der Waals surface area contributed by atoms with Crippen LogP contribution in [-0.2, 0) is 9.53 Å². The minimum atomic E-state index is -4.28. The average molecular weight is 318 g/mol. The van der Waals surface area contributed by atoms with E-state index in [0.29, 0.717) is 31.4 Å². The smallest absolute Gasteiger partial charge is 0.381 e. The van der Waals surface area contributed by atoms with Crippen molar-refractivity contribution in [1.29, 1.82) is 0 Å². The first-order valence-electron chi connectivity index (χ1n) is 5.38. The molecule has 1 saturated heterocycles. The first kappa shape index (κ1) is 14.8. The molecule has 0 aromatic heterocycles. The Balaban J connectivity index is 2.42. The van der Waals surface area contributed by atoms with E-state index in [2.05, 4.69) is 21.2 Å². The van der Waals surface area contributed by atoms with Gasteiger partial charge >= 0.3 is 6.18 Å². The van der Waals surface area contributed by atoms with E-state index in [-0.39, 0.29) is 0 Å². The molecule has 1 amide bonds. The number of carbonyl (C=O) groups excluding carboxylic acids is 1. The van der Waals surface area contributed by atoms with Gasteiger partial charge in [0.15, 0.2) is 0 Å². The van der Waals surface area contributed by atoms with Crippen LogP contribution in [0.4, 0.5) is 13.2 Å². The van der Waals surface area contributed by atoms with Crippen LogP contribution in [0.3, 0.4) is 0 Å². The maximum absolute atomic E-state index is 12.0. The van der Waals surface area contributed by atoms with Crippen LogP contribution in [0.2, 0.25) is 0 Å². The number of hydrogen-bond donors (Lipinski definition) is 1. The standard InChI is InChI=1S/C10H15BrF3NO2/c11-7-9(3-5-17-6-4-9)15-8(16)1-2-10(12,13)14/h1-7H2,(H,15,16). The number of rotatable bonds is 4. The van der Waals surface area contributed by atoms with Crippen LogP contribution in [0.5, 0.6) is 0 Å². The lowest BCUT2D eigenvalue weighted by Gasteiger charge is -2.36. The zero-order valence-electron chi connectivity index (χ0n) is 9.28. The van der Waals surface area contributed by atoms with E-state index in [9.17, 15) is 18.0 Å². The molecule has 0 aromatic rings. The van der Waals surface area contributed by atoms with Crippen LogP contribution >= 0.6 is 15.9 Å². The van der Waals surface area contributed by atoms with Crippen molar-refractivity contribution in [2.75, 3.05) is 18.5 Å². The molecular formula is C10H15BrF3NO2. The molecule has 0 unspecified atom stereocenters. The quantitative estimate of drug-likeness (QED) is 0.809. The number of alkyl halides is 4. The van der Waals surface area contributed by atoms with Gasteiger partial charge in [-0.3, -0.25) is 4.79 Å². The zero-order valence-corrected chi connectivity index (χ0v) is 10.9. The van der Waals surface area contributed by atoms with E-state index in [4.69, 9.17) is 4.74 Å². The summed E-state index contributed by atoms with van der Waals surface area (Å²) in [5.74, 6) is -0.552. The number of halogens is 4. The molecule has 0 saturated carbocycles. The normalized spacial score (nSPS) is 20.0. The average Bonchev–Trinajstić information content (AvgIpc) is 2.27. The monoisotopic (exact) mass is 317 g/mol. The molecule has 1 fully saturated rings. The number of nitrogens with one attached hydrogen (secondary N) is 1. The maximum Gasteiger partial charge on any atom is 0.389 e. The zero-order chi connectivity index (χ0) is 12.9. The Morgan fingerprint density at radius 1 is 1.35 bits per heavy atom. The van der Waals surface area contributed by atoms with Crippen LogP contribution in [0.25, 0.3) is 0 Å². The third-order valence-electron chi connectivity index (χ3n) is 2.75. The van der Waals surface area contributed by atoms with Gasteiger partial charge in [0.25, 0.3) is 0 Å². The second-order valence-corrected chi connectivity index (χ2v) is 4.75. The van der Waals surface area contributed by atoms with Crippen molar-refractivity contribution >= 4 is 21.8 Å². The molecule has 0 spiro atoms. The van der Waals surface area contributed by atoms with Crippen molar-refractivity contribution < 1.29 is 22.7 Å². The Labute approximate surface area is 106 Å². The topological polar surface area (TPSA) is 38.3 Å². The van der Waals surface area contributed by atoms with Gasteiger partial charge in [-0.1, -0.05) is 15.9 Å². The molecule has 1 aliphatic rings. The van der Waals surface area contributed by atoms with Crippen molar-refractivity contribution in [1.82, 2.24) is 5.32 Å². The second-order valence-electron chi connectivity index (χ2n) is 4.19. The summed E-state index contributed by atoms with van der Waals surface area (Å²) in [6.45, 7) is 1.04. The number of amides is 1. The summed E-state index contributed by atoms with van der Waals surface area (Å²) in [5.41, 5.74) is -0.457. The Morgan fingerprint density at radius 2 is 1.94 bits per heavy atom. The Hall–Kier alpha value is -0.300. The van der Waals surface area contributed by atoms with Crippen molar-refractivity contribution in [3.8, 4) is 0 Å². The van der Waals surface area contributed by atoms with Crippen molar-refractivity contribution in [3.63, 3.8) is 0 Å². The molecule has 1 heterocycles. The summed E-state index contributed by atoms with van der Waals surface area (Å²) in [7, 11) is 0. The fourth-order valence-electron chi connectivity index (χ4n) is 1.67. The summed E-state index contributed by atoms with van der Waals surface area (Å²) in [6.07, 6.45) is -4.63. The summed E-state index contributed by atoms with van der Waals surface area (Å²) < 4.78 is 41.1. The van der Waals surface area contributed by atoms with Gasteiger partial charge in [-0.15, -0.1) is 0 Å². The van der Waals surface area contributed by atoms with E-state index < -0.39 is 30.5 Å². The van der Waals surface area contributed by atoms with Gasteiger partial charge in [0.1, 0.15) is 0 Å². The third-order valence-corrected chi connectivity index (χ3v) is 3.82. The molecule has 3 nitrogen and oxygen atoms in total.